The maximum atomic E-state index is 14.2. The van der Waals surface area contributed by atoms with Crippen molar-refractivity contribution in [3.8, 4) is 0 Å². The molecule has 3 atom stereocenters. The minimum Gasteiger partial charge on any atom is -0.445 e. The Morgan fingerprint density at radius 1 is 0.930 bits per heavy atom. The Kier molecular flexibility index (Phi) is 9.37. The summed E-state index contributed by atoms with van der Waals surface area (Å²) in [7, 11) is 0. The molecule has 0 aliphatic rings. The van der Waals surface area contributed by atoms with Crippen LogP contribution in [0.2, 0.25) is 0 Å². The van der Waals surface area contributed by atoms with Crippen LogP contribution in [0.3, 0.4) is 0 Å². The number of benzene rings is 4. The Hall–Kier alpha value is -4.69. The van der Waals surface area contributed by atoms with E-state index in [1.54, 1.807) is 4.90 Å². The van der Waals surface area contributed by atoms with Crippen LogP contribution in [-0.4, -0.2) is 39.6 Å². The lowest BCUT2D eigenvalue weighted by atomic mass is 9.96. The molecule has 0 aliphatic heterocycles. The molecule has 1 heterocycles. The lowest BCUT2D eigenvalue weighted by Crippen LogP contribution is -2.51. The van der Waals surface area contributed by atoms with E-state index in [1.807, 2.05) is 118 Å². The molecule has 4 aromatic carbocycles. The molecule has 0 fully saturated rings. The number of nitrogens with one attached hydrogen (secondary N) is 1. The van der Waals surface area contributed by atoms with Gasteiger partial charge in [-0.1, -0.05) is 98.8 Å². The topological polar surface area (TPSA) is 105 Å². The molecule has 5 aromatic rings. The van der Waals surface area contributed by atoms with Crippen LogP contribution in [-0.2, 0) is 16.1 Å². The van der Waals surface area contributed by atoms with Crippen LogP contribution in [0.5, 0.6) is 0 Å². The number of hydrogen-bond acceptors (Lipinski definition) is 6. The van der Waals surface area contributed by atoms with Crippen LogP contribution < -0.4 is 5.32 Å². The minimum absolute atomic E-state index is 0.0881. The molecule has 0 bridgehead atoms. The number of alkyl carbamates (subject to hydrolysis) is 1. The smallest absolute Gasteiger partial charge is 0.408 e. The van der Waals surface area contributed by atoms with Gasteiger partial charge in [0.05, 0.1) is 6.04 Å². The number of rotatable bonds is 11. The quantitative estimate of drug-likeness (QED) is 0.176. The van der Waals surface area contributed by atoms with E-state index in [4.69, 9.17) is 9.15 Å². The molecular weight excluding hydrogens is 542 g/mol. The molecule has 3 unspecified atom stereocenters. The summed E-state index contributed by atoms with van der Waals surface area (Å²) in [5.74, 6) is -0.114. The molecular formula is C35H37N3O5. The Morgan fingerprint density at radius 3 is 2.21 bits per heavy atom. The largest absolute Gasteiger partial charge is 0.445 e. The van der Waals surface area contributed by atoms with Gasteiger partial charge in [0.2, 0.25) is 11.8 Å². The van der Waals surface area contributed by atoms with Gasteiger partial charge in [0.1, 0.15) is 18.2 Å². The van der Waals surface area contributed by atoms with Crippen molar-refractivity contribution < 1.29 is 23.8 Å². The summed E-state index contributed by atoms with van der Waals surface area (Å²) in [6.07, 6.45) is -1.56. The predicted octanol–water partition coefficient (Wildman–Crippen LogP) is 6.95. The Balaban J connectivity index is 1.44. The number of aliphatic hydroxyl groups excluding tert-OH is 1. The number of nitrogens with zero attached hydrogens (tertiary/aromatic N) is 2. The summed E-state index contributed by atoms with van der Waals surface area (Å²) in [6.45, 7) is 6.18. The molecule has 1 aromatic heterocycles. The SMILES string of the molecule is CCN(C(=O)C(CC(C)C)NC(=O)OCc1ccccc1)C(c1ccccc1)C(O)c1nc2cc3ccccc3cc2o1. The van der Waals surface area contributed by atoms with Crippen molar-refractivity contribution in [3.63, 3.8) is 0 Å². The highest BCUT2D eigenvalue weighted by Crippen LogP contribution is 2.36. The average molecular weight is 580 g/mol. The van der Waals surface area contributed by atoms with Gasteiger partial charge in [0.15, 0.2) is 11.7 Å². The highest BCUT2D eigenvalue weighted by molar-refractivity contribution is 5.94. The number of aromatic nitrogens is 1. The zero-order valence-corrected chi connectivity index (χ0v) is 24.6. The molecule has 8 nitrogen and oxygen atoms in total. The van der Waals surface area contributed by atoms with E-state index in [0.717, 1.165) is 16.3 Å². The standard InChI is InChI=1S/C35H37N3O5/c1-4-38(34(40)29(19-23(2)3)37-35(41)42-22-24-13-7-5-8-14-24)31(25-15-9-6-10-16-25)32(39)33-36-28-20-26-17-11-12-18-27(26)21-30(28)43-33/h5-18,20-21,23,29,31-32,39H,4,19,22H2,1-3H3,(H,37,41). The van der Waals surface area contributed by atoms with Crippen LogP contribution in [0.15, 0.2) is 101 Å². The number of carbonyl (C=O) groups excluding carboxylic acids is 2. The molecule has 0 aliphatic carbocycles. The second-order valence-electron chi connectivity index (χ2n) is 11.0. The first kappa shape index (κ1) is 29.8. The van der Waals surface area contributed by atoms with Gasteiger partial charge in [-0.05, 0) is 53.3 Å². The summed E-state index contributed by atoms with van der Waals surface area (Å²) in [4.78, 5) is 33.2. The van der Waals surface area contributed by atoms with E-state index in [9.17, 15) is 14.7 Å². The van der Waals surface area contributed by atoms with Gasteiger partial charge in [0.25, 0.3) is 0 Å². The number of oxazole rings is 1. The van der Waals surface area contributed by atoms with Crippen LogP contribution in [0, 0.1) is 5.92 Å². The Bertz CT molecular complexity index is 1620. The number of fused-ring (bicyclic) bond motifs is 2. The molecule has 222 valence electrons. The summed E-state index contributed by atoms with van der Waals surface area (Å²) in [5, 5.41) is 16.6. The number of ether oxygens (including phenoxy) is 1. The van der Waals surface area contributed by atoms with E-state index in [0.29, 0.717) is 23.1 Å². The molecule has 0 saturated carbocycles. The molecule has 43 heavy (non-hydrogen) atoms. The third-order valence-electron chi connectivity index (χ3n) is 7.44. The van der Waals surface area contributed by atoms with Crippen molar-refractivity contribution in [2.45, 2.75) is 52.0 Å². The van der Waals surface area contributed by atoms with Gasteiger partial charge in [-0.2, -0.15) is 0 Å². The minimum atomic E-state index is -1.27. The number of carbonyl (C=O) groups is 2. The van der Waals surface area contributed by atoms with E-state index < -0.39 is 24.3 Å². The van der Waals surface area contributed by atoms with Gasteiger partial charge in [-0.3, -0.25) is 4.79 Å². The van der Waals surface area contributed by atoms with Crippen LogP contribution >= 0.6 is 0 Å². The summed E-state index contributed by atoms with van der Waals surface area (Å²) < 4.78 is 11.5. The molecule has 5 rings (SSSR count). The van der Waals surface area contributed by atoms with Gasteiger partial charge in [0, 0.05) is 6.54 Å². The fourth-order valence-electron chi connectivity index (χ4n) is 5.36. The molecule has 2 amide bonds. The third-order valence-corrected chi connectivity index (χ3v) is 7.44. The second-order valence-corrected chi connectivity index (χ2v) is 11.0. The zero-order chi connectivity index (χ0) is 30.3. The van der Waals surface area contributed by atoms with Gasteiger partial charge < -0.3 is 24.5 Å². The summed E-state index contributed by atoms with van der Waals surface area (Å²) in [5.41, 5.74) is 2.73. The predicted molar refractivity (Wildman–Crippen MR) is 166 cm³/mol. The van der Waals surface area contributed by atoms with Crippen molar-refractivity contribution in [2.24, 2.45) is 5.92 Å². The van der Waals surface area contributed by atoms with Crippen molar-refractivity contribution in [1.29, 1.82) is 0 Å². The van der Waals surface area contributed by atoms with Crippen LogP contribution in [0.4, 0.5) is 4.79 Å². The maximum Gasteiger partial charge on any atom is 0.408 e. The number of likely N-dealkylation sites (N-methyl/N-ethyl adjacent to an activating group) is 1. The molecule has 2 N–H and O–H groups in total. The van der Waals surface area contributed by atoms with Gasteiger partial charge in [-0.25, -0.2) is 9.78 Å². The van der Waals surface area contributed by atoms with Gasteiger partial charge in [-0.15, -0.1) is 0 Å². The Morgan fingerprint density at radius 2 is 1.56 bits per heavy atom. The number of hydrogen-bond donors (Lipinski definition) is 2. The first-order valence-corrected chi connectivity index (χ1v) is 14.6. The van der Waals surface area contributed by atoms with E-state index in [-0.39, 0.29) is 30.9 Å². The number of aliphatic hydroxyl groups is 1. The fourth-order valence-corrected chi connectivity index (χ4v) is 5.36. The summed E-state index contributed by atoms with van der Waals surface area (Å²) >= 11 is 0. The van der Waals surface area contributed by atoms with Crippen molar-refractivity contribution in [1.82, 2.24) is 15.2 Å². The van der Waals surface area contributed by atoms with Crippen LogP contribution in [0.1, 0.15) is 56.4 Å². The normalized spacial score (nSPS) is 13.5. The number of amides is 2. The van der Waals surface area contributed by atoms with Gasteiger partial charge >= 0.3 is 6.09 Å². The van der Waals surface area contributed by atoms with Crippen molar-refractivity contribution in [2.75, 3.05) is 6.54 Å². The van der Waals surface area contributed by atoms with E-state index in [2.05, 4.69) is 10.3 Å². The second kappa shape index (κ2) is 13.5. The van der Waals surface area contributed by atoms with Crippen molar-refractivity contribution in [3.05, 3.63) is 114 Å². The maximum absolute atomic E-state index is 14.2. The molecule has 0 spiro atoms. The molecule has 0 saturated heterocycles. The fraction of sp³-hybridized carbons (Fsp3) is 0.286. The molecule has 0 radical (unpaired) electrons. The lowest BCUT2D eigenvalue weighted by molar-refractivity contribution is -0.139. The first-order chi connectivity index (χ1) is 20.8. The van der Waals surface area contributed by atoms with E-state index in [1.165, 1.54) is 0 Å². The summed E-state index contributed by atoms with van der Waals surface area (Å²) in [6, 6.07) is 28.7. The van der Waals surface area contributed by atoms with Crippen LogP contribution in [0.25, 0.3) is 21.9 Å². The van der Waals surface area contributed by atoms with E-state index >= 15 is 0 Å². The lowest BCUT2D eigenvalue weighted by Gasteiger charge is -2.36. The van der Waals surface area contributed by atoms with Crippen molar-refractivity contribution >= 4 is 33.9 Å². The monoisotopic (exact) mass is 579 g/mol. The zero-order valence-electron chi connectivity index (χ0n) is 24.6. The first-order valence-electron chi connectivity index (χ1n) is 14.6. The Labute approximate surface area is 251 Å². The molecule has 8 heteroatoms. The highest BCUT2D eigenvalue weighted by atomic mass is 16.5. The third kappa shape index (κ3) is 7.04. The highest BCUT2D eigenvalue weighted by Gasteiger charge is 2.37. The average Bonchev–Trinajstić information content (AvgIpc) is 3.44.